The summed E-state index contributed by atoms with van der Waals surface area (Å²) in [6.45, 7) is 4.19. The lowest BCUT2D eigenvalue weighted by Crippen LogP contribution is -2.41. The average Bonchev–Trinajstić information content (AvgIpc) is 2.49. The maximum atomic E-state index is 12.3. The zero-order valence-electron chi connectivity index (χ0n) is 12.6. The molecule has 0 fully saturated rings. The lowest BCUT2D eigenvalue weighted by Gasteiger charge is -2.16. The minimum Gasteiger partial charge on any atom is -0.465 e. The minimum absolute atomic E-state index is 0.0379. The van der Waals surface area contributed by atoms with E-state index in [-0.39, 0.29) is 11.7 Å². The van der Waals surface area contributed by atoms with Crippen molar-refractivity contribution in [3.63, 3.8) is 0 Å². The van der Waals surface area contributed by atoms with Gasteiger partial charge < -0.3 is 10.1 Å². The molecule has 1 rings (SSSR count). The number of amides is 3. The number of ether oxygens (including phenoxy) is 1. The Morgan fingerprint density at radius 2 is 1.86 bits per heavy atom. The smallest absolute Gasteiger partial charge is 0.321 e. The molecule has 22 heavy (non-hydrogen) atoms. The summed E-state index contributed by atoms with van der Waals surface area (Å²) in [4.78, 5) is 35.2. The summed E-state index contributed by atoms with van der Waals surface area (Å²) in [6, 6.07) is 8.43. The van der Waals surface area contributed by atoms with Crippen molar-refractivity contribution < 1.29 is 19.1 Å². The summed E-state index contributed by atoms with van der Waals surface area (Å²) in [5, 5.41) is 4.11. The van der Waals surface area contributed by atoms with Crippen molar-refractivity contribution in [2.45, 2.75) is 19.1 Å². The van der Waals surface area contributed by atoms with Gasteiger partial charge in [0.2, 0.25) is 5.91 Å². The van der Waals surface area contributed by atoms with Crippen molar-refractivity contribution in [1.82, 2.24) is 10.6 Å². The summed E-state index contributed by atoms with van der Waals surface area (Å²) < 4.78 is 4.86. The predicted molar refractivity (Wildman–Crippen MR) is 85.5 cm³/mol. The molecule has 3 amide bonds. The summed E-state index contributed by atoms with van der Waals surface area (Å²) in [5.41, 5.74) is 0.721. The number of nitrogens with one attached hydrogen (secondary N) is 2. The number of hydrogen-bond acceptors (Lipinski definition) is 5. The second-order valence-electron chi connectivity index (χ2n) is 4.26. The molecular weight excluding hydrogens is 304 g/mol. The topological polar surface area (TPSA) is 84.5 Å². The Morgan fingerprint density at radius 1 is 1.18 bits per heavy atom. The van der Waals surface area contributed by atoms with Gasteiger partial charge in [-0.25, -0.2) is 4.79 Å². The van der Waals surface area contributed by atoms with Crippen LogP contribution >= 0.6 is 11.8 Å². The van der Waals surface area contributed by atoms with Crippen LogP contribution in [0.15, 0.2) is 30.3 Å². The van der Waals surface area contributed by atoms with Crippen LogP contribution in [-0.4, -0.2) is 36.8 Å². The van der Waals surface area contributed by atoms with Gasteiger partial charge in [-0.3, -0.25) is 14.9 Å². The zero-order valence-corrected chi connectivity index (χ0v) is 13.4. The minimum atomic E-state index is -0.659. The molecular formula is C15H20N2O4S. The first-order chi connectivity index (χ1) is 10.6. The number of thioether (sulfide) groups is 1. The maximum Gasteiger partial charge on any atom is 0.321 e. The van der Waals surface area contributed by atoms with Crippen LogP contribution in [0.5, 0.6) is 0 Å². The van der Waals surface area contributed by atoms with E-state index in [0.717, 1.165) is 17.3 Å². The molecule has 0 bridgehead atoms. The predicted octanol–water partition coefficient (Wildman–Crippen LogP) is 1.87. The van der Waals surface area contributed by atoms with Gasteiger partial charge in [0.05, 0.1) is 12.4 Å². The van der Waals surface area contributed by atoms with Crippen molar-refractivity contribution >= 4 is 29.7 Å². The van der Waals surface area contributed by atoms with E-state index in [2.05, 4.69) is 10.6 Å². The first-order valence-corrected chi connectivity index (χ1v) is 8.04. The highest BCUT2D eigenvalue weighted by Gasteiger charge is 2.24. The molecule has 0 aliphatic rings. The van der Waals surface area contributed by atoms with E-state index < -0.39 is 17.2 Å². The van der Waals surface area contributed by atoms with Crippen LogP contribution in [0.2, 0.25) is 0 Å². The van der Waals surface area contributed by atoms with Crippen LogP contribution in [0.4, 0.5) is 4.79 Å². The van der Waals surface area contributed by atoms with E-state index in [1.165, 1.54) is 0 Å². The molecule has 0 spiro atoms. The van der Waals surface area contributed by atoms with Crippen molar-refractivity contribution in [1.29, 1.82) is 0 Å². The second kappa shape index (κ2) is 9.83. The number of carbonyl (C=O) groups excluding carboxylic acids is 3. The van der Waals surface area contributed by atoms with Crippen LogP contribution in [0, 0.1) is 0 Å². The molecule has 7 heteroatoms. The van der Waals surface area contributed by atoms with Crippen LogP contribution in [0.3, 0.4) is 0 Å². The Kier molecular flexibility index (Phi) is 8.06. The summed E-state index contributed by atoms with van der Waals surface area (Å²) >= 11 is 1.12. The number of carbonyl (C=O) groups is 3. The molecule has 1 aromatic rings. The summed E-state index contributed by atoms with van der Waals surface area (Å²) in [5.74, 6) is -0.818. The SMILES string of the molecule is CCNC(=O)NC(=O)[C@H](SCC(=O)OCC)c1ccccc1. The van der Waals surface area contributed by atoms with Gasteiger partial charge in [0.15, 0.2) is 0 Å². The van der Waals surface area contributed by atoms with Crippen LogP contribution in [0.25, 0.3) is 0 Å². The number of urea groups is 1. The summed E-state index contributed by atoms with van der Waals surface area (Å²) in [7, 11) is 0. The summed E-state index contributed by atoms with van der Waals surface area (Å²) in [6.07, 6.45) is 0. The molecule has 1 aromatic carbocycles. The molecule has 0 saturated heterocycles. The zero-order chi connectivity index (χ0) is 16.4. The molecule has 6 nitrogen and oxygen atoms in total. The lowest BCUT2D eigenvalue weighted by atomic mass is 10.1. The van der Waals surface area contributed by atoms with E-state index in [9.17, 15) is 14.4 Å². The molecule has 0 saturated carbocycles. The fraction of sp³-hybridized carbons (Fsp3) is 0.400. The number of rotatable bonds is 7. The van der Waals surface area contributed by atoms with Crippen LogP contribution in [0.1, 0.15) is 24.7 Å². The highest BCUT2D eigenvalue weighted by molar-refractivity contribution is 8.00. The lowest BCUT2D eigenvalue weighted by molar-refractivity contribution is -0.139. The van der Waals surface area contributed by atoms with Gasteiger partial charge in [-0.2, -0.15) is 0 Å². The van der Waals surface area contributed by atoms with Crippen molar-refractivity contribution in [3.05, 3.63) is 35.9 Å². The van der Waals surface area contributed by atoms with Crippen molar-refractivity contribution in [2.75, 3.05) is 18.9 Å². The Bertz CT molecular complexity index is 508. The fourth-order valence-electron chi connectivity index (χ4n) is 1.69. The Hall–Kier alpha value is -2.02. The van der Waals surface area contributed by atoms with E-state index in [0.29, 0.717) is 13.2 Å². The molecule has 2 N–H and O–H groups in total. The first-order valence-electron chi connectivity index (χ1n) is 6.99. The Balaban J connectivity index is 2.76. The van der Waals surface area contributed by atoms with Gasteiger partial charge in [-0.1, -0.05) is 30.3 Å². The van der Waals surface area contributed by atoms with Gasteiger partial charge in [0, 0.05) is 6.54 Å². The molecule has 0 radical (unpaired) electrons. The van der Waals surface area contributed by atoms with E-state index in [1.54, 1.807) is 38.1 Å². The second-order valence-corrected chi connectivity index (χ2v) is 5.35. The molecule has 120 valence electrons. The van der Waals surface area contributed by atoms with Crippen molar-refractivity contribution in [2.24, 2.45) is 0 Å². The van der Waals surface area contributed by atoms with Gasteiger partial charge in [-0.15, -0.1) is 11.8 Å². The highest BCUT2D eigenvalue weighted by Crippen LogP contribution is 2.29. The highest BCUT2D eigenvalue weighted by atomic mass is 32.2. The number of hydrogen-bond donors (Lipinski definition) is 2. The Labute approximate surface area is 134 Å². The molecule has 0 unspecified atom stereocenters. The van der Waals surface area contributed by atoms with Crippen LogP contribution < -0.4 is 10.6 Å². The van der Waals surface area contributed by atoms with Crippen LogP contribution in [-0.2, 0) is 14.3 Å². The third-order valence-corrected chi connectivity index (χ3v) is 3.81. The standard InChI is InChI=1S/C15H20N2O4S/c1-3-16-15(20)17-14(19)13(11-8-6-5-7-9-11)22-10-12(18)21-4-2/h5-9,13H,3-4,10H2,1-2H3,(H2,16,17,19,20)/t13-/m1/s1. The molecule has 0 aromatic heterocycles. The molecule has 0 aliphatic carbocycles. The third-order valence-electron chi connectivity index (χ3n) is 2.59. The van der Waals surface area contributed by atoms with Gasteiger partial charge >= 0.3 is 12.0 Å². The third kappa shape index (κ3) is 6.17. The van der Waals surface area contributed by atoms with E-state index >= 15 is 0 Å². The largest absolute Gasteiger partial charge is 0.465 e. The number of imide groups is 1. The molecule has 0 aliphatic heterocycles. The number of esters is 1. The first kappa shape index (κ1) is 18.0. The maximum absolute atomic E-state index is 12.3. The van der Waals surface area contributed by atoms with Gasteiger partial charge in [0.1, 0.15) is 5.25 Å². The number of benzene rings is 1. The molecule has 0 heterocycles. The monoisotopic (exact) mass is 324 g/mol. The fourth-order valence-corrected chi connectivity index (χ4v) is 2.63. The van der Waals surface area contributed by atoms with Gasteiger partial charge in [0.25, 0.3) is 0 Å². The quantitative estimate of drug-likeness (QED) is 0.748. The van der Waals surface area contributed by atoms with E-state index in [1.807, 2.05) is 6.07 Å². The van der Waals surface area contributed by atoms with E-state index in [4.69, 9.17) is 4.74 Å². The molecule has 1 atom stereocenters. The Morgan fingerprint density at radius 3 is 2.45 bits per heavy atom. The van der Waals surface area contributed by atoms with Crippen molar-refractivity contribution in [3.8, 4) is 0 Å². The normalized spacial score (nSPS) is 11.4. The van der Waals surface area contributed by atoms with Gasteiger partial charge in [-0.05, 0) is 19.4 Å². The average molecular weight is 324 g/mol.